The van der Waals surface area contributed by atoms with E-state index in [1.54, 1.807) is 18.3 Å². The summed E-state index contributed by atoms with van der Waals surface area (Å²) < 4.78 is 17.2. The van der Waals surface area contributed by atoms with Crippen LogP contribution in [0, 0.1) is 19.7 Å². The smallest absolute Gasteiger partial charge is 0.280 e. The van der Waals surface area contributed by atoms with E-state index in [1.807, 2.05) is 32.0 Å². The molecule has 136 valence electrons. The van der Waals surface area contributed by atoms with Crippen LogP contribution in [0.2, 0.25) is 0 Å². The number of nitrogens with zero attached hydrogens (tertiary/aromatic N) is 4. The first-order chi connectivity index (χ1) is 12.9. The first-order valence-electron chi connectivity index (χ1n) is 8.47. The van der Waals surface area contributed by atoms with Gasteiger partial charge in [-0.3, -0.25) is 9.36 Å². The minimum Gasteiger partial charge on any atom is -0.280 e. The third-order valence-corrected chi connectivity index (χ3v) is 4.64. The fourth-order valence-corrected chi connectivity index (χ4v) is 3.00. The number of fused-ring (bicyclic) bond motifs is 1. The Morgan fingerprint density at radius 1 is 1.00 bits per heavy atom. The van der Waals surface area contributed by atoms with Gasteiger partial charge in [-0.05, 0) is 54.8 Å². The van der Waals surface area contributed by atoms with Crippen molar-refractivity contribution >= 4 is 5.65 Å². The van der Waals surface area contributed by atoms with Crippen LogP contribution < -0.4 is 11.2 Å². The van der Waals surface area contributed by atoms with Crippen molar-refractivity contribution in [1.29, 1.82) is 0 Å². The van der Waals surface area contributed by atoms with E-state index in [-0.39, 0.29) is 18.0 Å². The monoisotopic (exact) mass is 364 g/mol. The Bertz CT molecular complexity index is 1280. The van der Waals surface area contributed by atoms with Gasteiger partial charge in [-0.2, -0.15) is 0 Å². The highest BCUT2D eigenvalue weighted by atomic mass is 19.1. The van der Waals surface area contributed by atoms with E-state index in [0.29, 0.717) is 11.3 Å². The summed E-state index contributed by atoms with van der Waals surface area (Å²) in [4.78, 5) is 25.4. The van der Waals surface area contributed by atoms with Gasteiger partial charge in [0, 0.05) is 18.1 Å². The Labute approximate surface area is 153 Å². The van der Waals surface area contributed by atoms with Gasteiger partial charge in [0.2, 0.25) is 5.65 Å². The van der Waals surface area contributed by atoms with E-state index in [2.05, 4.69) is 5.10 Å². The maximum absolute atomic E-state index is 13.4. The third kappa shape index (κ3) is 2.97. The summed E-state index contributed by atoms with van der Waals surface area (Å²) in [6, 6.07) is 11.6. The van der Waals surface area contributed by atoms with Crippen molar-refractivity contribution in [3.63, 3.8) is 0 Å². The van der Waals surface area contributed by atoms with Crippen molar-refractivity contribution in [2.75, 3.05) is 0 Å². The summed E-state index contributed by atoms with van der Waals surface area (Å²) >= 11 is 0. The third-order valence-electron chi connectivity index (χ3n) is 4.64. The average molecular weight is 364 g/mol. The molecule has 0 spiro atoms. The zero-order valence-corrected chi connectivity index (χ0v) is 14.9. The number of aryl methyl sites for hydroxylation is 2. The van der Waals surface area contributed by atoms with Crippen molar-refractivity contribution in [1.82, 2.24) is 18.7 Å². The molecule has 0 saturated heterocycles. The molecule has 0 fully saturated rings. The van der Waals surface area contributed by atoms with Gasteiger partial charge in [-0.15, -0.1) is 5.10 Å². The Morgan fingerprint density at radius 2 is 1.81 bits per heavy atom. The molecule has 0 atom stereocenters. The van der Waals surface area contributed by atoms with E-state index in [0.717, 1.165) is 15.8 Å². The highest BCUT2D eigenvalue weighted by molar-refractivity contribution is 5.43. The van der Waals surface area contributed by atoms with Crippen molar-refractivity contribution in [2.45, 2.75) is 20.4 Å². The molecule has 0 amide bonds. The van der Waals surface area contributed by atoms with Crippen LogP contribution in [-0.4, -0.2) is 18.7 Å². The SMILES string of the molecule is Cc1ccc(-n2ccn3c(=O)n(Cc4cccc(F)c4)nc3c2=O)cc1C. The molecule has 0 aliphatic carbocycles. The van der Waals surface area contributed by atoms with Gasteiger partial charge < -0.3 is 0 Å². The van der Waals surface area contributed by atoms with Crippen molar-refractivity contribution in [3.05, 3.63) is 98.2 Å². The number of hydrogen-bond acceptors (Lipinski definition) is 3. The van der Waals surface area contributed by atoms with E-state index in [9.17, 15) is 14.0 Å². The summed E-state index contributed by atoms with van der Waals surface area (Å²) in [6.45, 7) is 4.06. The maximum atomic E-state index is 13.4. The van der Waals surface area contributed by atoms with Crippen LogP contribution in [0.5, 0.6) is 0 Å². The molecule has 0 bridgehead atoms. The lowest BCUT2D eigenvalue weighted by Crippen LogP contribution is -2.24. The fourth-order valence-electron chi connectivity index (χ4n) is 3.00. The van der Waals surface area contributed by atoms with Crippen LogP contribution in [0.25, 0.3) is 11.3 Å². The summed E-state index contributed by atoms with van der Waals surface area (Å²) in [6.07, 6.45) is 3.07. The van der Waals surface area contributed by atoms with Gasteiger partial charge in [0.25, 0.3) is 0 Å². The van der Waals surface area contributed by atoms with Crippen LogP contribution in [0.1, 0.15) is 16.7 Å². The number of halogens is 1. The molecule has 0 aliphatic heterocycles. The zero-order valence-electron chi connectivity index (χ0n) is 14.9. The van der Waals surface area contributed by atoms with Crippen molar-refractivity contribution in [2.24, 2.45) is 0 Å². The number of benzene rings is 2. The van der Waals surface area contributed by atoms with Crippen molar-refractivity contribution < 1.29 is 4.39 Å². The summed E-state index contributed by atoms with van der Waals surface area (Å²) in [5.41, 5.74) is 2.68. The predicted octanol–water partition coefficient (Wildman–Crippen LogP) is 2.45. The summed E-state index contributed by atoms with van der Waals surface area (Å²) in [7, 11) is 0. The van der Waals surface area contributed by atoms with Crippen molar-refractivity contribution in [3.8, 4) is 5.69 Å². The second-order valence-electron chi connectivity index (χ2n) is 6.51. The molecular weight excluding hydrogens is 347 g/mol. The normalized spacial score (nSPS) is 11.2. The summed E-state index contributed by atoms with van der Waals surface area (Å²) in [5.74, 6) is -0.388. The summed E-state index contributed by atoms with van der Waals surface area (Å²) in [5, 5.41) is 4.17. The molecule has 0 N–H and O–H groups in total. The predicted molar refractivity (Wildman–Crippen MR) is 100 cm³/mol. The molecule has 4 aromatic rings. The average Bonchev–Trinajstić information content (AvgIpc) is 2.95. The lowest BCUT2D eigenvalue weighted by molar-refractivity contribution is 0.615. The van der Waals surface area contributed by atoms with E-state index in [1.165, 1.54) is 27.3 Å². The molecule has 7 heteroatoms. The Kier molecular flexibility index (Phi) is 3.99. The minimum atomic E-state index is -0.446. The quantitative estimate of drug-likeness (QED) is 0.561. The lowest BCUT2D eigenvalue weighted by atomic mass is 10.1. The number of aromatic nitrogens is 4. The molecule has 0 radical (unpaired) electrons. The topological polar surface area (TPSA) is 61.3 Å². The molecule has 2 aromatic carbocycles. The Balaban J connectivity index is 1.83. The van der Waals surface area contributed by atoms with E-state index < -0.39 is 11.2 Å². The van der Waals surface area contributed by atoms with Gasteiger partial charge in [0.15, 0.2) is 0 Å². The van der Waals surface area contributed by atoms with E-state index in [4.69, 9.17) is 0 Å². The molecule has 0 saturated carbocycles. The van der Waals surface area contributed by atoms with Crippen LogP contribution in [-0.2, 0) is 6.54 Å². The van der Waals surface area contributed by atoms with Crippen LogP contribution in [0.3, 0.4) is 0 Å². The molecule has 0 unspecified atom stereocenters. The minimum absolute atomic E-state index is 0.0251. The van der Waals surface area contributed by atoms with Gasteiger partial charge in [0.1, 0.15) is 5.82 Å². The number of hydrogen-bond donors (Lipinski definition) is 0. The molecule has 2 aromatic heterocycles. The Hall–Kier alpha value is -3.48. The second kappa shape index (κ2) is 6.35. The first kappa shape index (κ1) is 17.0. The van der Waals surface area contributed by atoms with Crippen LogP contribution in [0.4, 0.5) is 4.39 Å². The highest BCUT2D eigenvalue weighted by Gasteiger charge is 2.13. The van der Waals surface area contributed by atoms with Crippen LogP contribution in [0.15, 0.2) is 64.4 Å². The lowest BCUT2D eigenvalue weighted by Gasteiger charge is -2.08. The largest absolute Gasteiger partial charge is 0.350 e. The molecular formula is C20H17FN4O2. The zero-order chi connectivity index (χ0) is 19.1. The van der Waals surface area contributed by atoms with E-state index >= 15 is 0 Å². The molecule has 2 heterocycles. The molecule has 4 rings (SSSR count). The van der Waals surface area contributed by atoms with Gasteiger partial charge in [-0.1, -0.05) is 18.2 Å². The first-order valence-corrected chi connectivity index (χ1v) is 8.47. The van der Waals surface area contributed by atoms with Gasteiger partial charge >= 0.3 is 11.2 Å². The fraction of sp³-hybridized carbons (Fsp3) is 0.150. The molecule has 0 aliphatic rings. The molecule has 27 heavy (non-hydrogen) atoms. The second-order valence-corrected chi connectivity index (χ2v) is 6.51. The molecule has 6 nitrogen and oxygen atoms in total. The van der Waals surface area contributed by atoms with Crippen LogP contribution >= 0.6 is 0 Å². The highest BCUT2D eigenvalue weighted by Crippen LogP contribution is 2.12. The number of rotatable bonds is 3. The van der Waals surface area contributed by atoms with Gasteiger partial charge in [0.05, 0.1) is 6.54 Å². The Morgan fingerprint density at radius 3 is 2.56 bits per heavy atom. The standard InChI is InChI=1S/C20H17FN4O2/c1-13-6-7-17(10-14(13)2)23-8-9-24-18(19(23)26)22-25(20(24)27)12-15-4-3-5-16(21)11-15/h3-11H,12H2,1-2H3. The van der Waals surface area contributed by atoms with Gasteiger partial charge in [-0.25, -0.2) is 18.3 Å². The maximum Gasteiger partial charge on any atom is 0.350 e.